The zero-order chi connectivity index (χ0) is 19.6. The highest BCUT2D eigenvalue weighted by Crippen LogP contribution is 2.24. The molecule has 0 N–H and O–H groups in total. The van der Waals surface area contributed by atoms with E-state index in [1.165, 1.54) is 42.7 Å². The number of hydrogen-bond donors (Lipinski definition) is 0. The molecular formula is C17H15ClN2O4S3. The van der Waals surface area contributed by atoms with Gasteiger partial charge >= 0.3 is 5.97 Å². The van der Waals surface area contributed by atoms with Gasteiger partial charge in [-0.3, -0.25) is 4.79 Å². The monoisotopic (exact) mass is 442 g/mol. The van der Waals surface area contributed by atoms with Crippen LogP contribution in [0.5, 0.6) is 0 Å². The summed E-state index contributed by atoms with van der Waals surface area (Å²) in [7, 11) is -2.68. The van der Waals surface area contributed by atoms with E-state index in [0.29, 0.717) is 10.5 Å². The average Bonchev–Trinajstić information content (AvgIpc) is 2.97. The van der Waals surface area contributed by atoms with E-state index in [9.17, 15) is 13.2 Å². The molecule has 2 aromatic carbocycles. The molecule has 0 saturated heterocycles. The van der Waals surface area contributed by atoms with Gasteiger partial charge in [0.15, 0.2) is 0 Å². The van der Waals surface area contributed by atoms with Crippen LogP contribution in [0.4, 0.5) is 0 Å². The zero-order valence-electron chi connectivity index (χ0n) is 14.4. The Morgan fingerprint density at radius 1 is 1.26 bits per heavy atom. The number of thiazole rings is 1. The van der Waals surface area contributed by atoms with E-state index in [4.69, 9.17) is 16.3 Å². The number of carbonyl (C=O) groups excluding carboxylic acids is 1. The highest BCUT2D eigenvalue weighted by atomic mass is 35.5. The van der Waals surface area contributed by atoms with Crippen LogP contribution in [0.2, 0.25) is 5.02 Å². The minimum Gasteiger partial charge on any atom is -0.468 e. The Balaban J connectivity index is 2.21. The van der Waals surface area contributed by atoms with Gasteiger partial charge in [-0.25, -0.2) is 0 Å². The van der Waals surface area contributed by atoms with Crippen molar-refractivity contribution >= 4 is 60.9 Å². The van der Waals surface area contributed by atoms with Gasteiger partial charge in [-0.1, -0.05) is 22.9 Å². The van der Waals surface area contributed by atoms with Crippen molar-refractivity contribution in [2.45, 2.75) is 16.3 Å². The largest absolute Gasteiger partial charge is 0.468 e. The Kier molecular flexibility index (Phi) is 5.95. The number of carbonyl (C=O) groups is 1. The summed E-state index contributed by atoms with van der Waals surface area (Å²) in [5.74, 6) is -0.492. The van der Waals surface area contributed by atoms with Crippen LogP contribution >= 0.6 is 34.7 Å². The summed E-state index contributed by atoms with van der Waals surface area (Å²) < 4.78 is 36.4. The van der Waals surface area contributed by atoms with Crippen molar-refractivity contribution < 1.29 is 17.9 Å². The zero-order valence-corrected chi connectivity index (χ0v) is 17.6. The molecule has 0 amide bonds. The maximum absolute atomic E-state index is 12.7. The minimum absolute atomic E-state index is 0.0266. The molecule has 0 fully saturated rings. The Hall–Kier alpha value is -1.81. The molecule has 6 nitrogen and oxygen atoms in total. The summed E-state index contributed by atoms with van der Waals surface area (Å²) in [4.78, 5) is 13.1. The highest BCUT2D eigenvalue weighted by molar-refractivity contribution is 7.98. The standard InChI is InChI=1S/C17H15ClN2O4S3/c1-24-16(21)10-20-14-8-5-12(25-2)9-15(14)26-17(20)19-27(22,23)13-6-3-11(18)4-7-13/h3-9H,10H2,1-2H3/b19-17-. The molecule has 27 heavy (non-hydrogen) atoms. The molecule has 0 aliphatic heterocycles. The fourth-order valence-electron chi connectivity index (χ4n) is 2.36. The van der Waals surface area contributed by atoms with Gasteiger partial charge in [0, 0.05) is 9.92 Å². The fraction of sp³-hybridized carbons (Fsp3) is 0.176. The molecule has 1 heterocycles. The number of aromatic nitrogens is 1. The Morgan fingerprint density at radius 3 is 2.59 bits per heavy atom. The number of halogens is 1. The van der Waals surface area contributed by atoms with Crippen LogP contribution in [0.25, 0.3) is 10.2 Å². The van der Waals surface area contributed by atoms with Gasteiger partial charge in [-0.05, 0) is 48.7 Å². The van der Waals surface area contributed by atoms with Crippen LogP contribution in [-0.4, -0.2) is 32.3 Å². The first-order valence-corrected chi connectivity index (χ1v) is 11.5. The molecule has 1 aromatic heterocycles. The SMILES string of the molecule is COC(=O)Cn1/c(=N/S(=O)(=O)c2ccc(Cl)cc2)sc2cc(SC)ccc21. The number of methoxy groups -OCH3 is 1. The molecule has 0 radical (unpaired) electrons. The maximum Gasteiger partial charge on any atom is 0.325 e. The second kappa shape index (κ2) is 8.05. The molecule has 10 heteroatoms. The molecule has 0 spiro atoms. The molecule has 0 unspecified atom stereocenters. The van der Waals surface area contributed by atoms with E-state index in [1.54, 1.807) is 16.3 Å². The Bertz CT molecular complexity index is 1170. The van der Waals surface area contributed by atoms with Gasteiger partial charge in [0.1, 0.15) is 6.54 Å². The van der Waals surface area contributed by atoms with Crippen molar-refractivity contribution in [2.75, 3.05) is 13.4 Å². The molecule has 3 rings (SSSR count). The van der Waals surface area contributed by atoms with Crippen LogP contribution < -0.4 is 4.80 Å². The summed E-state index contributed by atoms with van der Waals surface area (Å²) in [5.41, 5.74) is 0.716. The minimum atomic E-state index is -3.96. The maximum atomic E-state index is 12.7. The lowest BCUT2D eigenvalue weighted by Gasteiger charge is -2.04. The Morgan fingerprint density at radius 2 is 1.96 bits per heavy atom. The lowest BCUT2D eigenvalue weighted by molar-refractivity contribution is -0.141. The van der Waals surface area contributed by atoms with Crippen LogP contribution in [0, 0.1) is 0 Å². The molecule has 0 aliphatic rings. The summed E-state index contributed by atoms with van der Waals surface area (Å²) in [6.45, 7) is -0.135. The van der Waals surface area contributed by atoms with E-state index in [1.807, 2.05) is 24.5 Å². The van der Waals surface area contributed by atoms with Crippen LogP contribution in [-0.2, 0) is 26.1 Å². The van der Waals surface area contributed by atoms with Crippen LogP contribution in [0.3, 0.4) is 0 Å². The molecule has 0 saturated carbocycles. The third-order valence-electron chi connectivity index (χ3n) is 3.71. The fourth-order valence-corrected chi connectivity index (χ4v) is 5.27. The van der Waals surface area contributed by atoms with Crippen LogP contribution in [0.15, 0.2) is 56.7 Å². The first kappa shape index (κ1) is 19.9. The molecule has 142 valence electrons. The van der Waals surface area contributed by atoms with Gasteiger partial charge in [0.05, 0.1) is 22.2 Å². The van der Waals surface area contributed by atoms with Gasteiger partial charge in [0.2, 0.25) is 4.80 Å². The lowest BCUT2D eigenvalue weighted by atomic mass is 10.3. The van der Waals surface area contributed by atoms with Crippen molar-refractivity contribution in [3.63, 3.8) is 0 Å². The number of esters is 1. The first-order chi connectivity index (χ1) is 12.8. The number of nitrogens with zero attached hydrogens (tertiary/aromatic N) is 2. The number of thioether (sulfide) groups is 1. The average molecular weight is 443 g/mol. The molecule has 0 atom stereocenters. The van der Waals surface area contributed by atoms with Gasteiger partial charge in [-0.2, -0.15) is 8.42 Å². The second-order valence-corrected chi connectivity index (χ2v) is 9.33. The number of rotatable bonds is 5. The summed E-state index contributed by atoms with van der Waals surface area (Å²) in [6, 6.07) is 11.5. The van der Waals surface area contributed by atoms with Crippen LogP contribution in [0.1, 0.15) is 0 Å². The van der Waals surface area contributed by atoms with E-state index in [-0.39, 0.29) is 16.2 Å². The lowest BCUT2D eigenvalue weighted by Crippen LogP contribution is -2.22. The Labute approximate surface area is 169 Å². The number of ether oxygens (including phenoxy) is 1. The summed E-state index contributed by atoms with van der Waals surface area (Å²) in [5, 5.41) is 0.432. The topological polar surface area (TPSA) is 77.7 Å². The second-order valence-electron chi connectivity index (χ2n) is 5.40. The number of hydrogen-bond acceptors (Lipinski definition) is 6. The van der Waals surface area contributed by atoms with Gasteiger partial charge in [0.25, 0.3) is 10.0 Å². The van der Waals surface area contributed by atoms with E-state index in [2.05, 4.69) is 4.40 Å². The van der Waals surface area contributed by atoms with Crippen molar-refractivity contribution in [3.8, 4) is 0 Å². The molecule has 0 aliphatic carbocycles. The third kappa shape index (κ3) is 4.37. The predicted octanol–water partition coefficient (Wildman–Crippen LogP) is 3.54. The summed E-state index contributed by atoms with van der Waals surface area (Å²) in [6.07, 6.45) is 1.95. The van der Waals surface area contributed by atoms with Crippen molar-refractivity contribution in [1.82, 2.24) is 4.57 Å². The number of benzene rings is 2. The third-order valence-corrected chi connectivity index (χ3v) is 7.13. The molecular weight excluding hydrogens is 428 g/mol. The normalized spacial score (nSPS) is 12.5. The van der Waals surface area contributed by atoms with E-state index < -0.39 is 16.0 Å². The van der Waals surface area contributed by atoms with E-state index >= 15 is 0 Å². The highest BCUT2D eigenvalue weighted by Gasteiger charge is 2.16. The van der Waals surface area contributed by atoms with Crippen molar-refractivity contribution in [2.24, 2.45) is 4.40 Å². The van der Waals surface area contributed by atoms with Gasteiger partial charge in [-0.15, -0.1) is 16.2 Å². The first-order valence-electron chi connectivity index (χ1n) is 7.65. The smallest absolute Gasteiger partial charge is 0.325 e. The summed E-state index contributed by atoms with van der Waals surface area (Å²) >= 11 is 8.60. The number of sulfonamides is 1. The van der Waals surface area contributed by atoms with Crippen molar-refractivity contribution in [1.29, 1.82) is 0 Å². The number of fused-ring (bicyclic) bond motifs is 1. The van der Waals surface area contributed by atoms with E-state index in [0.717, 1.165) is 9.60 Å². The predicted molar refractivity (Wildman–Crippen MR) is 108 cm³/mol. The van der Waals surface area contributed by atoms with Gasteiger partial charge < -0.3 is 9.30 Å². The molecule has 0 bridgehead atoms. The molecule has 3 aromatic rings. The quantitative estimate of drug-likeness (QED) is 0.446. The van der Waals surface area contributed by atoms with Crippen molar-refractivity contribution in [3.05, 3.63) is 52.3 Å².